The lowest BCUT2D eigenvalue weighted by Crippen LogP contribution is -1.89. The van der Waals surface area contributed by atoms with Crippen LogP contribution in [0.5, 0.6) is 5.75 Å². The largest absolute Gasteiger partial charge is 0.507 e. The lowest BCUT2D eigenvalue weighted by Gasteiger charge is -2.00. The molecule has 3 N–H and O–H groups in total. The predicted octanol–water partition coefficient (Wildman–Crippen LogP) is 2.39. The number of anilines is 1. The number of nitrogens with zero attached hydrogens (tertiary/aromatic N) is 3. The molecule has 1 aromatic carbocycles. The summed E-state index contributed by atoms with van der Waals surface area (Å²) in [5.74, 6) is 0.691. The van der Waals surface area contributed by atoms with Crippen LogP contribution in [-0.4, -0.2) is 20.2 Å². The first-order valence-corrected chi connectivity index (χ1v) is 5.99. The molecule has 0 atom stereocenters. The number of nitrogen functional groups attached to an aromatic ring is 1. The third kappa shape index (κ3) is 2.18. The van der Waals surface area contributed by atoms with E-state index in [0.29, 0.717) is 22.8 Å². The molecular formula is C14H12N4O2. The van der Waals surface area contributed by atoms with E-state index in [1.807, 2.05) is 6.92 Å². The standard InChI is InChI=1S/C14H12N4O2/c1-8-2-5-12(19)10(6-8)14-17-13(18-20-14)11-4-3-9(15)7-16-11/h2-7,19H,15H2,1H3. The monoisotopic (exact) mass is 268 g/mol. The van der Waals surface area contributed by atoms with Crippen molar-refractivity contribution in [1.82, 2.24) is 15.1 Å². The minimum absolute atomic E-state index is 0.0936. The Hall–Kier alpha value is -2.89. The van der Waals surface area contributed by atoms with Crippen molar-refractivity contribution in [1.29, 1.82) is 0 Å². The number of pyridine rings is 1. The molecule has 100 valence electrons. The first kappa shape index (κ1) is 12.2. The first-order chi connectivity index (χ1) is 9.63. The van der Waals surface area contributed by atoms with Crippen molar-refractivity contribution in [3.63, 3.8) is 0 Å². The fourth-order valence-corrected chi connectivity index (χ4v) is 1.80. The summed E-state index contributed by atoms with van der Waals surface area (Å²) in [6.07, 6.45) is 1.52. The van der Waals surface area contributed by atoms with Gasteiger partial charge >= 0.3 is 0 Å². The Bertz CT molecular complexity index is 750. The van der Waals surface area contributed by atoms with Crippen LogP contribution in [0.25, 0.3) is 23.0 Å². The van der Waals surface area contributed by atoms with Gasteiger partial charge in [-0.2, -0.15) is 4.98 Å². The Balaban J connectivity index is 2.01. The minimum atomic E-state index is 0.0936. The van der Waals surface area contributed by atoms with Crippen LogP contribution in [0.15, 0.2) is 41.1 Å². The van der Waals surface area contributed by atoms with Crippen LogP contribution in [0.2, 0.25) is 0 Å². The lowest BCUT2D eigenvalue weighted by atomic mass is 10.1. The minimum Gasteiger partial charge on any atom is -0.507 e. The lowest BCUT2D eigenvalue weighted by molar-refractivity contribution is 0.425. The number of nitrogens with two attached hydrogens (primary N) is 1. The maximum absolute atomic E-state index is 9.84. The fourth-order valence-electron chi connectivity index (χ4n) is 1.80. The maximum Gasteiger partial charge on any atom is 0.262 e. The van der Waals surface area contributed by atoms with Gasteiger partial charge in [0.15, 0.2) is 0 Å². The number of hydrogen-bond donors (Lipinski definition) is 2. The molecule has 0 spiro atoms. The van der Waals surface area contributed by atoms with Crippen LogP contribution in [-0.2, 0) is 0 Å². The molecule has 0 bridgehead atoms. The highest BCUT2D eigenvalue weighted by atomic mass is 16.5. The Morgan fingerprint density at radius 3 is 2.80 bits per heavy atom. The molecule has 0 aliphatic rings. The molecule has 0 saturated heterocycles. The van der Waals surface area contributed by atoms with Crippen molar-refractivity contribution in [2.45, 2.75) is 6.92 Å². The van der Waals surface area contributed by atoms with Crippen molar-refractivity contribution in [3.05, 3.63) is 42.1 Å². The second kappa shape index (κ2) is 4.65. The van der Waals surface area contributed by atoms with Crippen LogP contribution >= 0.6 is 0 Å². The van der Waals surface area contributed by atoms with Gasteiger partial charge in [0.1, 0.15) is 11.4 Å². The molecule has 2 heterocycles. The summed E-state index contributed by atoms with van der Waals surface area (Å²) in [4.78, 5) is 8.36. The van der Waals surface area contributed by atoms with Gasteiger partial charge in [-0.1, -0.05) is 16.8 Å². The molecule has 0 fully saturated rings. The van der Waals surface area contributed by atoms with Gasteiger partial charge in [0.05, 0.1) is 17.4 Å². The predicted molar refractivity (Wildman–Crippen MR) is 73.8 cm³/mol. The van der Waals surface area contributed by atoms with Crippen LogP contribution < -0.4 is 5.73 Å². The number of rotatable bonds is 2. The Labute approximate surface area is 114 Å². The highest BCUT2D eigenvalue weighted by Crippen LogP contribution is 2.29. The molecule has 0 radical (unpaired) electrons. The van der Waals surface area contributed by atoms with E-state index in [2.05, 4.69) is 15.1 Å². The number of aromatic hydroxyl groups is 1. The smallest absolute Gasteiger partial charge is 0.262 e. The fraction of sp³-hybridized carbons (Fsp3) is 0.0714. The van der Waals surface area contributed by atoms with E-state index in [-0.39, 0.29) is 11.6 Å². The Morgan fingerprint density at radius 2 is 2.05 bits per heavy atom. The Morgan fingerprint density at radius 1 is 1.20 bits per heavy atom. The van der Waals surface area contributed by atoms with Crippen LogP contribution in [0.1, 0.15) is 5.56 Å². The van der Waals surface area contributed by atoms with Crippen molar-refractivity contribution in [2.24, 2.45) is 0 Å². The van der Waals surface area contributed by atoms with Gasteiger partial charge in [-0.15, -0.1) is 0 Å². The summed E-state index contributed by atoms with van der Waals surface area (Å²) in [6.45, 7) is 1.92. The second-order valence-corrected chi connectivity index (χ2v) is 4.42. The van der Waals surface area contributed by atoms with Crippen molar-refractivity contribution in [3.8, 4) is 28.7 Å². The van der Waals surface area contributed by atoms with E-state index in [4.69, 9.17) is 10.3 Å². The quantitative estimate of drug-likeness (QED) is 0.740. The second-order valence-electron chi connectivity index (χ2n) is 4.42. The van der Waals surface area contributed by atoms with E-state index in [9.17, 15) is 5.11 Å². The van der Waals surface area contributed by atoms with Crippen molar-refractivity contribution in [2.75, 3.05) is 5.73 Å². The van der Waals surface area contributed by atoms with Gasteiger partial charge < -0.3 is 15.4 Å². The van der Waals surface area contributed by atoms with Crippen LogP contribution in [0.3, 0.4) is 0 Å². The number of phenols is 1. The van der Waals surface area contributed by atoms with E-state index in [1.165, 1.54) is 6.20 Å². The molecule has 6 heteroatoms. The van der Waals surface area contributed by atoms with E-state index in [0.717, 1.165) is 5.56 Å². The molecule has 0 amide bonds. The van der Waals surface area contributed by atoms with Crippen LogP contribution in [0.4, 0.5) is 5.69 Å². The zero-order valence-corrected chi connectivity index (χ0v) is 10.7. The van der Waals surface area contributed by atoms with Gasteiger partial charge in [0.2, 0.25) is 5.82 Å². The molecule has 2 aromatic heterocycles. The van der Waals surface area contributed by atoms with Gasteiger partial charge in [-0.3, -0.25) is 4.98 Å². The molecule has 3 aromatic rings. The number of hydrogen-bond acceptors (Lipinski definition) is 6. The van der Waals surface area contributed by atoms with Gasteiger partial charge in [-0.05, 0) is 31.2 Å². The Kier molecular flexibility index (Phi) is 2.83. The average molecular weight is 268 g/mol. The van der Waals surface area contributed by atoms with Crippen molar-refractivity contribution >= 4 is 5.69 Å². The number of benzene rings is 1. The molecule has 0 aliphatic heterocycles. The van der Waals surface area contributed by atoms with E-state index < -0.39 is 0 Å². The van der Waals surface area contributed by atoms with Gasteiger partial charge in [-0.25, -0.2) is 0 Å². The highest BCUT2D eigenvalue weighted by molar-refractivity contribution is 5.65. The first-order valence-electron chi connectivity index (χ1n) is 5.99. The normalized spacial score (nSPS) is 10.7. The number of aromatic nitrogens is 3. The number of phenolic OH excluding ortho intramolecular Hbond substituents is 1. The topological polar surface area (TPSA) is 98.1 Å². The van der Waals surface area contributed by atoms with E-state index >= 15 is 0 Å². The maximum atomic E-state index is 9.84. The summed E-state index contributed by atoms with van der Waals surface area (Å²) >= 11 is 0. The third-order valence-electron chi connectivity index (χ3n) is 2.82. The number of aryl methyl sites for hydroxylation is 1. The average Bonchev–Trinajstić information content (AvgIpc) is 2.92. The molecular weight excluding hydrogens is 256 g/mol. The summed E-state index contributed by atoms with van der Waals surface area (Å²) in [5, 5.41) is 13.7. The molecule has 6 nitrogen and oxygen atoms in total. The van der Waals surface area contributed by atoms with E-state index in [1.54, 1.807) is 30.3 Å². The summed E-state index contributed by atoms with van der Waals surface area (Å²) in [7, 11) is 0. The molecule has 3 rings (SSSR count). The SMILES string of the molecule is Cc1ccc(O)c(-c2nc(-c3ccc(N)cn3)no2)c1. The third-order valence-corrected chi connectivity index (χ3v) is 2.82. The summed E-state index contributed by atoms with van der Waals surface area (Å²) < 4.78 is 5.18. The zero-order valence-electron chi connectivity index (χ0n) is 10.7. The summed E-state index contributed by atoms with van der Waals surface area (Å²) in [5.41, 5.74) is 8.19. The summed E-state index contributed by atoms with van der Waals surface area (Å²) in [6, 6.07) is 8.60. The van der Waals surface area contributed by atoms with Crippen LogP contribution in [0, 0.1) is 6.92 Å². The molecule has 0 saturated carbocycles. The molecule has 0 aliphatic carbocycles. The van der Waals surface area contributed by atoms with Gasteiger partial charge in [0.25, 0.3) is 5.89 Å². The van der Waals surface area contributed by atoms with Gasteiger partial charge in [0, 0.05) is 0 Å². The highest BCUT2D eigenvalue weighted by Gasteiger charge is 2.14. The molecule has 20 heavy (non-hydrogen) atoms. The molecule has 0 unspecified atom stereocenters. The zero-order chi connectivity index (χ0) is 14.1. The van der Waals surface area contributed by atoms with Crippen molar-refractivity contribution < 1.29 is 9.63 Å².